The van der Waals surface area contributed by atoms with Crippen molar-refractivity contribution in [1.82, 2.24) is 5.32 Å². The zero-order valence-electron chi connectivity index (χ0n) is 2.98. The van der Waals surface area contributed by atoms with Crippen LogP contribution in [0, 0.1) is 6.67 Å². The van der Waals surface area contributed by atoms with Crippen LogP contribution >= 0.6 is 11.6 Å². The normalized spacial score (nSPS) is 31.8. The van der Waals surface area contributed by atoms with Crippen molar-refractivity contribution in [3.05, 3.63) is 6.67 Å². The molecule has 0 amide bonds. The van der Waals surface area contributed by atoms with Crippen molar-refractivity contribution in [3.63, 3.8) is 0 Å². The van der Waals surface area contributed by atoms with Crippen LogP contribution in [0.25, 0.3) is 0 Å². The van der Waals surface area contributed by atoms with Crippen molar-refractivity contribution in [2.75, 3.05) is 0 Å². The van der Waals surface area contributed by atoms with Gasteiger partial charge >= 0.3 is 0 Å². The summed E-state index contributed by atoms with van der Waals surface area (Å²) in [5.41, 5.74) is -0.134. The Morgan fingerprint density at radius 2 is 2.83 bits per heavy atom. The van der Waals surface area contributed by atoms with Crippen LogP contribution in [0.2, 0.25) is 0 Å². The highest BCUT2D eigenvalue weighted by molar-refractivity contribution is 6.28. The molecule has 0 aromatic rings. The highest BCUT2D eigenvalue weighted by atomic mass is 35.5. The maximum absolute atomic E-state index is 5.39. The number of halogens is 1. The molecule has 2 radical (unpaired) electrons. The molecule has 1 N–H and O–H groups in total. The Labute approximate surface area is 41.2 Å². The van der Waals surface area contributed by atoms with Crippen molar-refractivity contribution in [3.8, 4) is 0 Å². The van der Waals surface area contributed by atoms with Gasteiger partial charge in [-0.1, -0.05) is 11.6 Å². The van der Waals surface area contributed by atoms with E-state index in [0.717, 1.165) is 0 Å². The lowest BCUT2D eigenvalue weighted by Gasteiger charge is -1.87. The third-order valence-corrected chi connectivity index (χ3v) is 0.694. The van der Waals surface area contributed by atoms with E-state index in [-0.39, 0.29) is 5.50 Å². The average molecular weight is 103 g/mol. The number of nitrogens with one attached hydrogen (secondary N) is 1. The molecule has 0 saturated carbocycles. The predicted octanol–water partition coefficient (Wildman–Crippen LogP) is 0.222. The summed E-state index contributed by atoms with van der Waals surface area (Å²) in [6.45, 7) is 2.46. The Morgan fingerprint density at radius 1 is 2.00 bits per heavy atom. The number of hydrogen-bond donors (Lipinski definition) is 1. The summed E-state index contributed by atoms with van der Waals surface area (Å²) in [5.74, 6) is 0. The number of alkyl halides is 1. The summed E-state index contributed by atoms with van der Waals surface area (Å²) in [6, 6.07) is 0. The molecule has 1 heterocycles. The molecule has 0 bridgehead atoms. The molecule has 3 heteroatoms. The van der Waals surface area contributed by atoms with Crippen LogP contribution in [0.1, 0.15) is 0 Å². The van der Waals surface area contributed by atoms with Crippen molar-refractivity contribution in [2.24, 2.45) is 4.99 Å². The molecule has 0 spiro atoms. The Bertz CT molecular complexity index is 71.2. The first kappa shape index (κ1) is 4.09. The lowest BCUT2D eigenvalue weighted by Crippen LogP contribution is -2.13. The molecule has 0 aliphatic carbocycles. The summed E-state index contributed by atoms with van der Waals surface area (Å²) >= 11 is 5.39. The molecule has 0 fully saturated rings. The molecule has 1 unspecified atom stereocenters. The van der Waals surface area contributed by atoms with Gasteiger partial charge in [-0.2, -0.15) is 0 Å². The van der Waals surface area contributed by atoms with Gasteiger partial charge in [0.25, 0.3) is 0 Å². The largest absolute Gasteiger partial charge is 0.266 e. The monoisotopic (exact) mass is 102 g/mol. The summed E-state index contributed by atoms with van der Waals surface area (Å²) < 4.78 is 0. The highest BCUT2D eigenvalue weighted by Gasteiger charge is 2.02. The van der Waals surface area contributed by atoms with E-state index in [1.54, 1.807) is 6.21 Å². The van der Waals surface area contributed by atoms with Crippen molar-refractivity contribution in [1.29, 1.82) is 0 Å². The molecule has 1 atom stereocenters. The molecule has 1 aliphatic heterocycles. The lowest BCUT2D eigenvalue weighted by molar-refractivity contribution is 0.916. The summed E-state index contributed by atoms with van der Waals surface area (Å²) in [5, 5.41) is 2.61. The van der Waals surface area contributed by atoms with Gasteiger partial charge in [-0.3, -0.25) is 10.3 Å². The molecule has 2 nitrogen and oxygen atoms in total. The zero-order valence-corrected chi connectivity index (χ0v) is 3.74. The molecular weight excluding hydrogens is 99.5 g/mol. The topological polar surface area (TPSA) is 24.4 Å². The highest BCUT2D eigenvalue weighted by Crippen LogP contribution is 1.93. The predicted molar refractivity (Wildman–Crippen MR) is 24.5 cm³/mol. The third kappa shape index (κ3) is 0.698. The fraction of sp³-hybridized carbons (Fsp3) is 0.333. The number of aliphatic imine (C=N–C) groups is 1. The van der Waals surface area contributed by atoms with Gasteiger partial charge in [-0.15, -0.1) is 0 Å². The van der Waals surface area contributed by atoms with Crippen molar-refractivity contribution in [2.45, 2.75) is 5.50 Å². The fourth-order valence-electron chi connectivity index (χ4n) is 0.239. The van der Waals surface area contributed by atoms with Crippen molar-refractivity contribution < 1.29 is 0 Å². The van der Waals surface area contributed by atoms with E-state index >= 15 is 0 Å². The van der Waals surface area contributed by atoms with E-state index in [0.29, 0.717) is 0 Å². The van der Waals surface area contributed by atoms with Gasteiger partial charge in [0.15, 0.2) is 6.67 Å². The molecule has 0 aromatic carbocycles. The molecule has 32 valence electrons. The SMILES string of the molecule is ClC1C=N[C]N1. The molecule has 0 aromatic heterocycles. The maximum atomic E-state index is 5.39. The maximum Gasteiger partial charge on any atom is 0.197 e. The molecular formula is C3H3ClN2. The third-order valence-electron chi connectivity index (χ3n) is 0.472. The second-order valence-corrected chi connectivity index (χ2v) is 1.41. The summed E-state index contributed by atoms with van der Waals surface area (Å²) in [6.07, 6.45) is 1.57. The average Bonchev–Trinajstić information content (AvgIpc) is 1.86. The first-order valence-electron chi connectivity index (χ1n) is 1.57. The van der Waals surface area contributed by atoms with Gasteiger partial charge in [0.05, 0.1) is 0 Å². The number of rotatable bonds is 0. The van der Waals surface area contributed by atoms with E-state index in [9.17, 15) is 0 Å². The van der Waals surface area contributed by atoms with Crippen LogP contribution in [0.15, 0.2) is 4.99 Å². The second-order valence-electron chi connectivity index (χ2n) is 0.936. The van der Waals surface area contributed by atoms with Gasteiger partial charge in [0.2, 0.25) is 0 Å². The smallest absolute Gasteiger partial charge is 0.197 e. The number of nitrogens with zero attached hydrogens (tertiary/aromatic N) is 1. The van der Waals surface area contributed by atoms with E-state index in [4.69, 9.17) is 11.6 Å². The Morgan fingerprint density at radius 3 is 3.00 bits per heavy atom. The summed E-state index contributed by atoms with van der Waals surface area (Å²) in [4.78, 5) is 3.55. The number of hydrogen-bond acceptors (Lipinski definition) is 2. The minimum Gasteiger partial charge on any atom is -0.266 e. The second kappa shape index (κ2) is 1.58. The minimum atomic E-state index is -0.134. The Hall–Kier alpha value is -0.0800. The first-order valence-corrected chi connectivity index (χ1v) is 2.01. The quantitative estimate of drug-likeness (QED) is 0.344. The minimum absolute atomic E-state index is 0.134. The van der Waals surface area contributed by atoms with E-state index < -0.39 is 0 Å². The summed E-state index contributed by atoms with van der Waals surface area (Å²) in [7, 11) is 0. The van der Waals surface area contributed by atoms with E-state index in [1.807, 2.05) is 0 Å². The lowest BCUT2D eigenvalue weighted by atomic mass is 10.7. The van der Waals surface area contributed by atoms with E-state index in [2.05, 4.69) is 17.0 Å². The first-order chi connectivity index (χ1) is 2.89. The van der Waals surface area contributed by atoms with Crippen LogP contribution in [0.5, 0.6) is 0 Å². The Balaban J connectivity index is 2.38. The van der Waals surface area contributed by atoms with Gasteiger partial charge in [0.1, 0.15) is 5.50 Å². The standard InChI is InChI=1S/C3H3ClN2/c4-3-1-5-2-6-3/h1,3,6H. The fourth-order valence-corrected chi connectivity index (χ4v) is 0.344. The molecule has 0 saturated heterocycles. The van der Waals surface area contributed by atoms with Gasteiger partial charge in [-0.25, -0.2) is 0 Å². The van der Waals surface area contributed by atoms with Gasteiger partial charge < -0.3 is 0 Å². The molecule has 1 rings (SSSR count). The van der Waals surface area contributed by atoms with Crippen molar-refractivity contribution >= 4 is 17.8 Å². The van der Waals surface area contributed by atoms with Crippen LogP contribution in [-0.2, 0) is 0 Å². The van der Waals surface area contributed by atoms with Gasteiger partial charge in [0, 0.05) is 6.21 Å². The van der Waals surface area contributed by atoms with E-state index in [1.165, 1.54) is 0 Å². The van der Waals surface area contributed by atoms with Gasteiger partial charge in [-0.05, 0) is 0 Å². The van der Waals surface area contributed by atoms with Crippen LogP contribution in [0.3, 0.4) is 0 Å². The van der Waals surface area contributed by atoms with Crippen LogP contribution in [-0.4, -0.2) is 11.7 Å². The molecule has 1 aliphatic rings. The Kier molecular flexibility index (Phi) is 1.08. The van der Waals surface area contributed by atoms with Crippen LogP contribution in [0.4, 0.5) is 0 Å². The van der Waals surface area contributed by atoms with Crippen LogP contribution < -0.4 is 5.32 Å². The molecule has 6 heavy (non-hydrogen) atoms. The zero-order chi connectivity index (χ0) is 4.41.